The second-order valence-corrected chi connectivity index (χ2v) is 6.73. The smallest absolute Gasteiger partial charge is 0.331 e. The van der Waals surface area contributed by atoms with Crippen molar-refractivity contribution in [3.8, 4) is 0 Å². The van der Waals surface area contributed by atoms with E-state index >= 15 is 0 Å². The van der Waals surface area contributed by atoms with E-state index in [1.54, 1.807) is 24.4 Å². The minimum Gasteiger partial charge on any atom is -0.479 e. The molecule has 0 spiro atoms. The SMILES string of the molecule is Cc1cc(C)c2nc(C)cc(C(=O)N(C)C(C(=O)O)c3cccnc3)c2c1. The van der Waals surface area contributed by atoms with Crippen LogP contribution in [0.15, 0.2) is 42.7 Å². The van der Waals surface area contributed by atoms with Gasteiger partial charge in [0.05, 0.1) is 11.1 Å². The number of rotatable bonds is 4. The topological polar surface area (TPSA) is 83.4 Å². The molecule has 3 aromatic rings. The molecule has 1 atom stereocenters. The Morgan fingerprint density at radius 1 is 1.15 bits per heavy atom. The van der Waals surface area contributed by atoms with Gasteiger partial charge in [0, 0.05) is 36.1 Å². The summed E-state index contributed by atoms with van der Waals surface area (Å²) in [4.78, 5) is 34.9. The molecule has 0 aliphatic rings. The molecule has 6 heteroatoms. The van der Waals surface area contributed by atoms with E-state index in [2.05, 4.69) is 9.97 Å². The van der Waals surface area contributed by atoms with E-state index in [1.165, 1.54) is 18.1 Å². The number of aryl methyl sites for hydroxylation is 3. The molecule has 0 saturated heterocycles. The van der Waals surface area contributed by atoms with Crippen LogP contribution >= 0.6 is 0 Å². The summed E-state index contributed by atoms with van der Waals surface area (Å²) in [5, 5.41) is 10.4. The molecule has 2 heterocycles. The van der Waals surface area contributed by atoms with Gasteiger partial charge < -0.3 is 10.0 Å². The van der Waals surface area contributed by atoms with Gasteiger partial charge in [0.1, 0.15) is 0 Å². The fourth-order valence-corrected chi connectivity index (χ4v) is 3.36. The van der Waals surface area contributed by atoms with Crippen molar-refractivity contribution in [2.75, 3.05) is 7.05 Å². The van der Waals surface area contributed by atoms with Crippen molar-refractivity contribution >= 4 is 22.8 Å². The Labute approximate surface area is 157 Å². The number of carboxylic acid groups (broad SMARTS) is 1. The largest absolute Gasteiger partial charge is 0.479 e. The Balaban J connectivity index is 2.13. The van der Waals surface area contributed by atoms with Gasteiger partial charge in [-0.15, -0.1) is 0 Å². The number of aliphatic carboxylic acids is 1. The fourth-order valence-electron chi connectivity index (χ4n) is 3.36. The first-order chi connectivity index (χ1) is 12.8. The monoisotopic (exact) mass is 363 g/mol. The molecule has 27 heavy (non-hydrogen) atoms. The highest BCUT2D eigenvalue weighted by Crippen LogP contribution is 2.27. The zero-order chi connectivity index (χ0) is 19.7. The first-order valence-corrected chi connectivity index (χ1v) is 8.58. The summed E-state index contributed by atoms with van der Waals surface area (Å²) in [5.74, 6) is -1.48. The summed E-state index contributed by atoms with van der Waals surface area (Å²) >= 11 is 0. The van der Waals surface area contributed by atoms with Crippen molar-refractivity contribution < 1.29 is 14.7 Å². The molecule has 2 aromatic heterocycles. The number of carbonyl (C=O) groups excluding carboxylic acids is 1. The number of likely N-dealkylation sites (N-methyl/N-ethyl adjacent to an activating group) is 1. The molecule has 0 fully saturated rings. The van der Waals surface area contributed by atoms with Crippen molar-refractivity contribution in [2.45, 2.75) is 26.8 Å². The van der Waals surface area contributed by atoms with Gasteiger partial charge in [-0.05, 0) is 44.5 Å². The number of carbonyl (C=O) groups is 2. The molecule has 0 radical (unpaired) electrons. The first kappa shape index (κ1) is 18.5. The number of benzene rings is 1. The average molecular weight is 363 g/mol. The summed E-state index contributed by atoms with van der Waals surface area (Å²) < 4.78 is 0. The van der Waals surface area contributed by atoms with Crippen LogP contribution in [0.2, 0.25) is 0 Å². The number of amides is 1. The van der Waals surface area contributed by atoms with Crippen LogP contribution in [0.5, 0.6) is 0 Å². The van der Waals surface area contributed by atoms with Gasteiger partial charge in [-0.1, -0.05) is 17.7 Å². The first-order valence-electron chi connectivity index (χ1n) is 8.58. The molecule has 0 saturated carbocycles. The average Bonchev–Trinajstić information content (AvgIpc) is 2.62. The van der Waals surface area contributed by atoms with Crippen LogP contribution in [0.3, 0.4) is 0 Å². The lowest BCUT2D eigenvalue weighted by molar-refractivity contribution is -0.142. The van der Waals surface area contributed by atoms with E-state index in [0.717, 1.165) is 22.0 Å². The summed E-state index contributed by atoms with van der Waals surface area (Å²) in [5.41, 5.74) is 4.35. The van der Waals surface area contributed by atoms with Crippen molar-refractivity contribution in [1.82, 2.24) is 14.9 Å². The maximum Gasteiger partial charge on any atom is 0.331 e. The molecule has 1 unspecified atom stereocenters. The summed E-state index contributed by atoms with van der Waals surface area (Å²) in [6, 6.07) is 7.82. The zero-order valence-electron chi connectivity index (χ0n) is 15.7. The standard InChI is InChI=1S/C21H21N3O3/c1-12-8-13(2)18-16(9-12)17(10-14(3)23-18)20(25)24(4)19(21(26)27)15-6-5-7-22-11-15/h5-11,19H,1-4H3,(H,26,27). The molecular formula is C21H21N3O3. The third-order valence-corrected chi connectivity index (χ3v) is 4.55. The minimum absolute atomic E-state index is 0.369. The number of hydrogen-bond donors (Lipinski definition) is 1. The van der Waals surface area contributed by atoms with Gasteiger partial charge in [0.25, 0.3) is 5.91 Å². The summed E-state index contributed by atoms with van der Waals surface area (Å²) in [6.45, 7) is 5.74. The second kappa shape index (κ2) is 7.15. The van der Waals surface area contributed by atoms with Crippen LogP contribution in [0.4, 0.5) is 0 Å². The predicted octanol–water partition coefficient (Wildman–Crippen LogP) is 3.45. The number of aromatic nitrogens is 2. The van der Waals surface area contributed by atoms with Gasteiger partial charge in [-0.25, -0.2) is 4.79 Å². The lowest BCUT2D eigenvalue weighted by atomic mass is 10.00. The third-order valence-electron chi connectivity index (χ3n) is 4.55. The van der Waals surface area contributed by atoms with E-state index in [0.29, 0.717) is 16.8 Å². The van der Waals surface area contributed by atoms with E-state index in [9.17, 15) is 14.7 Å². The van der Waals surface area contributed by atoms with Gasteiger partial charge in [-0.3, -0.25) is 14.8 Å². The Kier molecular flexibility index (Phi) is 4.90. The quantitative estimate of drug-likeness (QED) is 0.767. The highest BCUT2D eigenvalue weighted by Gasteiger charge is 2.30. The van der Waals surface area contributed by atoms with Crippen LogP contribution in [0.25, 0.3) is 10.9 Å². The Hall–Kier alpha value is -3.28. The normalized spacial score (nSPS) is 12.0. The Morgan fingerprint density at radius 2 is 1.89 bits per heavy atom. The van der Waals surface area contributed by atoms with Gasteiger partial charge in [0.15, 0.2) is 6.04 Å². The molecule has 6 nitrogen and oxygen atoms in total. The zero-order valence-corrected chi connectivity index (χ0v) is 15.7. The minimum atomic E-state index is -1.12. The number of hydrogen-bond acceptors (Lipinski definition) is 4. The molecule has 1 amide bonds. The molecule has 0 aliphatic heterocycles. The molecule has 3 rings (SSSR count). The van der Waals surface area contributed by atoms with Crippen LogP contribution in [0, 0.1) is 20.8 Å². The number of pyridine rings is 2. The lowest BCUT2D eigenvalue weighted by Gasteiger charge is -2.25. The number of fused-ring (bicyclic) bond motifs is 1. The van der Waals surface area contributed by atoms with Gasteiger partial charge in [-0.2, -0.15) is 0 Å². The highest BCUT2D eigenvalue weighted by atomic mass is 16.4. The van der Waals surface area contributed by atoms with E-state index in [1.807, 2.05) is 32.9 Å². The van der Waals surface area contributed by atoms with Crippen molar-refractivity contribution in [1.29, 1.82) is 0 Å². The van der Waals surface area contributed by atoms with Gasteiger partial charge in [0.2, 0.25) is 0 Å². The van der Waals surface area contributed by atoms with Crippen LogP contribution < -0.4 is 0 Å². The fraction of sp³-hybridized carbons (Fsp3) is 0.238. The molecule has 1 N–H and O–H groups in total. The van der Waals surface area contributed by atoms with Crippen LogP contribution in [-0.4, -0.2) is 38.9 Å². The second-order valence-electron chi connectivity index (χ2n) is 6.73. The summed E-state index contributed by atoms with van der Waals surface area (Å²) in [7, 11) is 1.50. The molecule has 138 valence electrons. The predicted molar refractivity (Wildman–Crippen MR) is 103 cm³/mol. The molecule has 0 bridgehead atoms. The van der Waals surface area contributed by atoms with Gasteiger partial charge >= 0.3 is 5.97 Å². The third kappa shape index (κ3) is 3.51. The maximum absolute atomic E-state index is 13.3. The van der Waals surface area contributed by atoms with Crippen LogP contribution in [-0.2, 0) is 4.79 Å². The molecular weight excluding hydrogens is 342 g/mol. The highest BCUT2D eigenvalue weighted by molar-refractivity contribution is 6.07. The van der Waals surface area contributed by atoms with Crippen molar-refractivity contribution in [2.24, 2.45) is 0 Å². The lowest BCUT2D eigenvalue weighted by Crippen LogP contribution is -2.36. The molecule has 1 aromatic carbocycles. The van der Waals surface area contributed by atoms with E-state index in [4.69, 9.17) is 0 Å². The summed E-state index contributed by atoms with van der Waals surface area (Å²) in [6.07, 6.45) is 3.03. The Morgan fingerprint density at radius 3 is 2.52 bits per heavy atom. The number of carboxylic acids is 1. The van der Waals surface area contributed by atoms with Crippen molar-refractivity contribution in [3.63, 3.8) is 0 Å². The molecule has 0 aliphatic carbocycles. The van der Waals surface area contributed by atoms with Crippen molar-refractivity contribution in [3.05, 3.63) is 70.7 Å². The van der Waals surface area contributed by atoms with Crippen LogP contribution in [0.1, 0.15) is 38.8 Å². The maximum atomic E-state index is 13.3. The van der Waals surface area contributed by atoms with E-state index < -0.39 is 12.0 Å². The number of nitrogens with zero attached hydrogens (tertiary/aromatic N) is 3. The Bertz CT molecular complexity index is 1030. The van der Waals surface area contributed by atoms with E-state index in [-0.39, 0.29) is 5.91 Å².